The molecule has 0 saturated heterocycles. The molecule has 0 bridgehead atoms. The Bertz CT molecular complexity index is 513. The highest BCUT2D eigenvalue weighted by molar-refractivity contribution is 7.80. The number of nitrogens with one attached hydrogen (secondary N) is 2. The molecule has 0 aromatic heterocycles. The fourth-order valence-electron chi connectivity index (χ4n) is 1.65. The lowest BCUT2D eigenvalue weighted by atomic mass is 10.0. The van der Waals surface area contributed by atoms with E-state index in [-0.39, 0.29) is 11.5 Å². The van der Waals surface area contributed by atoms with E-state index in [1.165, 1.54) is 7.11 Å². The van der Waals surface area contributed by atoms with Gasteiger partial charge in [-0.3, -0.25) is 0 Å². The van der Waals surface area contributed by atoms with Crippen molar-refractivity contribution >= 4 is 29.0 Å². The molecule has 0 atom stereocenters. The summed E-state index contributed by atoms with van der Waals surface area (Å²) in [5.41, 5.74) is 2.09. The number of methoxy groups -OCH3 is 1. The zero-order valence-corrected chi connectivity index (χ0v) is 13.5. The summed E-state index contributed by atoms with van der Waals surface area (Å²) in [6.45, 7) is 8.12. The number of thiocarbonyl (C=S) groups is 1. The van der Waals surface area contributed by atoms with Crippen molar-refractivity contribution < 1.29 is 9.53 Å². The van der Waals surface area contributed by atoms with Crippen LogP contribution in [0.15, 0.2) is 18.2 Å². The van der Waals surface area contributed by atoms with Gasteiger partial charge in [-0.2, -0.15) is 0 Å². The normalized spacial score (nSPS) is 10.8. The Labute approximate surface area is 125 Å². The standard InChI is InChI=1S/C15H22N2O2S/c1-6-15(3,4)17-14(20)16-12-9-7-8-11(10(12)2)13(18)19-5/h7-9H,6H2,1-5H3,(H2,16,17,20). The molecular weight excluding hydrogens is 272 g/mol. The van der Waals surface area contributed by atoms with E-state index in [1.54, 1.807) is 12.1 Å². The number of benzene rings is 1. The third-order valence-corrected chi connectivity index (χ3v) is 3.53. The number of carbonyl (C=O) groups is 1. The number of rotatable bonds is 4. The quantitative estimate of drug-likeness (QED) is 0.659. The van der Waals surface area contributed by atoms with Crippen LogP contribution >= 0.6 is 12.2 Å². The van der Waals surface area contributed by atoms with E-state index in [4.69, 9.17) is 17.0 Å². The first-order valence-electron chi connectivity index (χ1n) is 6.58. The minimum atomic E-state index is -0.348. The molecule has 0 radical (unpaired) electrons. The molecule has 1 aromatic rings. The molecule has 0 fully saturated rings. The van der Waals surface area contributed by atoms with Crippen molar-refractivity contribution in [2.24, 2.45) is 0 Å². The van der Waals surface area contributed by atoms with Crippen molar-refractivity contribution in [2.45, 2.75) is 39.7 Å². The van der Waals surface area contributed by atoms with Crippen LogP contribution < -0.4 is 10.6 Å². The van der Waals surface area contributed by atoms with E-state index in [0.717, 1.165) is 17.7 Å². The summed E-state index contributed by atoms with van der Waals surface area (Å²) < 4.78 is 4.76. The van der Waals surface area contributed by atoms with Crippen molar-refractivity contribution in [1.29, 1.82) is 0 Å². The second-order valence-corrected chi connectivity index (χ2v) is 5.69. The molecule has 2 N–H and O–H groups in total. The molecular formula is C15H22N2O2S. The maximum Gasteiger partial charge on any atom is 0.338 e. The van der Waals surface area contributed by atoms with E-state index in [1.807, 2.05) is 13.0 Å². The van der Waals surface area contributed by atoms with Gasteiger partial charge in [0, 0.05) is 11.2 Å². The molecule has 0 aliphatic heterocycles. The predicted octanol–water partition coefficient (Wildman–Crippen LogP) is 3.26. The fraction of sp³-hybridized carbons (Fsp3) is 0.467. The lowest BCUT2D eigenvalue weighted by Gasteiger charge is -2.27. The van der Waals surface area contributed by atoms with Gasteiger partial charge in [0.05, 0.1) is 12.7 Å². The maximum absolute atomic E-state index is 11.6. The monoisotopic (exact) mass is 294 g/mol. The third-order valence-electron chi connectivity index (χ3n) is 3.32. The molecule has 0 spiro atoms. The van der Waals surface area contributed by atoms with Crippen LogP contribution in [0.4, 0.5) is 5.69 Å². The molecule has 0 amide bonds. The van der Waals surface area contributed by atoms with Crippen LogP contribution in [0.5, 0.6) is 0 Å². The van der Waals surface area contributed by atoms with Gasteiger partial charge < -0.3 is 15.4 Å². The van der Waals surface area contributed by atoms with Crippen LogP contribution in [-0.2, 0) is 4.74 Å². The first-order valence-corrected chi connectivity index (χ1v) is 6.98. The highest BCUT2D eigenvalue weighted by atomic mass is 32.1. The van der Waals surface area contributed by atoms with Crippen molar-refractivity contribution in [3.8, 4) is 0 Å². The highest BCUT2D eigenvalue weighted by Gasteiger charge is 2.17. The second kappa shape index (κ2) is 6.70. The number of esters is 1. The van der Waals surface area contributed by atoms with Crippen LogP contribution in [-0.4, -0.2) is 23.7 Å². The smallest absolute Gasteiger partial charge is 0.338 e. The van der Waals surface area contributed by atoms with Gasteiger partial charge in [-0.1, -0.05) is 13.0 Å². The van der Waals surface area contributed by atoms with E-state index in [9.17, 15) is 4.79 Å². The number of hydrogen-bond acceptors (Lipinski definition) is 3. The Morgan fingerprint density at radius 1 is 1.40 bits per heavy atom. The molecule has 0 aliphatic rings. The summed E-state index contributed by atoms with van der Waals surface area (Å²) in [5.74, 6) is -0.348. The Morgan fingerprint density at radius 3 is 2.60 bits per heavy atom. The van der Waals surface area contributed by atoms with E-state index >= 15 is 0 Å². The number of carbonyl (C=O) groups excluding carboxylic acids is 1. The van der Waals surface area contributed by atoms with Gasteiger partial charge in [0.2, 0.25) is 0 Å². The minimum absolute atomic E-state index is 0.0715. The van der Waals surface area contributed by atoms with Gasteiger partial charge in [-0.15, -0.1) is 0 Å². The summed E-state index contributed by atoms with van der Waals surface area (Å²) in [6, 6.07) is 5.42. The van der Waals surface area contributed by atoms with Crippen LogP contribution in [0.25, 0.3) is 0 Å². The summed E-state index contributed by atoms with van der Waals surface area (Å²) in [5, 5.41) is 6.92. The lowest BCUT2D eigenvalue weighted by molar-refractivity contribution is 0.0600. The summed E-state index contributed by atoms with van der Waals surface area (Å²) in [7, 11) is 1.37. The van der Waals surface area contributed by atoms with Crippen LogP contribution in [0, 0.1) is 6.92 Å². The third kappa shape index (κ3) is 4.20. The van der Waals surface area contributed by atoms with E-state index in [0.29, 0.717) is 10.7 Å². The largest absolute Gasteiger partial charge is 0.465 e. The summed E-state index contributed by atoms with van der Waals surface area (Å²) >= 11 is 5.31. The first-order chi connectivity index (χ1) is 9.30. The van der Waals surface area contributed by atoms with Crippen LogP contribution in [0.1, 0.15) is 43.1 Å². The zero-order chi connectivity index (χ0) is 15.3. The molecule has 110 valence electrons. The molecule has 5 heteroatoms. The highest BCUT2D eigenvalue weighted by Crippen LogP contribution is 2.20. The molecule has 0 saturated carbocycles. The average Bonchev–Trinajstić information content (AvgIpc) is 2.39. The van der Waals surface area contributed by atoms with Gasteiger partial charge in [-0.25, -0.2) is 4.79 Å². The Kier molecular flexibility index (Phi) is 5.51. The fourth-order valence-corrected chi connectivity index (χ4v) is 2.04. The molecule has 1 aromatic carbocycles. The van der Waals surface area contributed by atoms with E-state index < -0.39 is 0 Å². The Hall–Kier alpha value is -1.62. The predicted molar refractivity (Wildman–Crippen MR) is 86.2 cm³/mol. The summed E-state index contributed by atoms with van der Waals surface area (Å²) in [6.07, 6.45) is 0.954. The lowest BCUT2D eigenvalue weighted by Crippen LogP contribution is -2.44. The zero-order valence-electron chi connectivity index (χ0n) is 12.7. The second-order valence-electron chi connectivity index (χ2n) is 5.29. The van der Waals surface area contributed by atoms with E-state index in [2.05, 4.69) is 31.4 Å². The molecule has 1 rings (SSSR count). The Balaban J connectivity index is 2.89. The molecule has 0 aliphatic carbocycles. The van der Waals surface area contributed by atoms with Gasteiger partial charge in [0.15, 0.2) is 5.11 Å². The van der Waals surface area contributed by atoms with Gasteiger partial charge in [0.25, 0.3) is 0 Å². The first kappa shape index (κ1) is 16.4. The van der Waals surface area contributed by atoms with Gasteiger partial charge >= 0.3 is 5.97 Å². The number of anilines is 1. The van der Waals surface area contributed by atoms with Gasteiger partial charge in [-0.05, 0) is 57.1 Å². The summed E-state index contributed by atoms with van der Waals surface area (Å²) in [4.78, 5) is 11.6. The minimum Gasteiger partial charge on any atom is -0.465 e. The van der Waals surface area contributed by atoms with Crippen molar-refractivity contribution in [1.82, 2.24) is 5.32 Å². The maximum atomic E-state index is 11.6. The Morgan fingerprint density at radius 2 is 2.05 bits per heavy atom. The number of ether oxygens (including phenoxy) is 1. The van der Waals surface area contributed by atoms with Crippen molar-refractivity contribution in [2.75, 3.05) is 12.4 Å². The molecule has 4 nitrogen and oxygen atoms in total. The van der Waals surface area contributed by atoms with Crippen molar-refractivity contribution in [3.05, 3.63) is 29.3 Å². The molecule has 0 heterocycles. The van der Waals surface area contributed by atoms with Crippen molar-refractivity contribution in [3.63, 3.8) is 0 Å². The average molecular weight is 294 g/mol. The number of hydrogen-bond donors (Lipinski definition) is 2. The molecule has 20 heavy (non-hydrogen) atoms. The van der Waals surface area contributed by atoms with Crippen LogP contribution in [0.2, 0.25) is 0 Å². The SMILES string of the molecule is CCC(C)(C)NC(=S)Nc1cccc(C(=O)OC)c1C. The topological polar surface area (TPSA) is 50.4 Å². The van der Waals surface area contributed by atoms with Gasteiger partial charge in [0.1, 0.15) is 0 Å². The molecule has 0 unspecified atom stereocenters. The van der Waals surface area contributed by atoms with Crippen LogP contribution in [0.3, 0.4) is 0 Å².